The Morgan fingerprint density at radius 1 is 1.10 bits per heavy atom. The maximum atomic E-state index is 12.3. The predicted octanol–water partition coefficient (Wildman–Crippen LogP) is 3.50. The Morgan fingerprint density at radius 2 is 1.95 bits per heavy atom. The molecule has 1 aromatic heterocycles. The molecule has 1 amide bonds. The van der Waals surface area contributed by atoms with Crippen molar-refractivity contribution in [2.24, 2.45) is 0 Å². The molecular formula is C17H14N2O2. The molecule has 3 aromatic rings. The van der Waals surface area contributed by atoms with Gasteiger partial charge in [-0.3, -0.25) is 9.78 Å². The highest BCUT2D eigenvalue weighted by atomic mass is 16.3. The van der Waals surface area contributed by atoms with Crippen molar-refractivity contribution in [1.29, 1.82) is 0 Å². The summed E-state index contributed by atoms with van der Waals surface area (Å²) in [5.41, 5.74) is 2.09. The lowest BCUT2D eigenvalue weighted by Crippen LogP contribution is -2.12. The Balaban J connectivity index is 1.89. The van der Waals surface area contributed by atoms with E-state index in [1.807, 2.05) is 25.1 Å². The molecule has 0 atom stereocenters. The van der Waals surface area contributed by atoms with Gasteiger partial charge in [-0.05, 0) is 54.3 Å². The molecule has 0 saturated heterocycles. The third kappa shape index (κ3) is 2.69. The smallest absolute Gasteiger partial charge is 0.255 e. The SMILES string of the molecule is Cc1cc(O)ccc1NC(=O)c1ccc2cnccc2c1. The fourth-order valence-corrected chi connectivity index (χ4v) is 2.21. The summed E-state index contributed by atoms with van der Waals surface area (Å²) in [6.07, 6.45) is 3.47. The van der Waals surface area contributed by atoms with Gasteiger partial charge in [0.1, 0.15) is 5.75 Å². The molecule has 2 aromatic carbocycles. The lowest BCUT2D eigenvalue weighted by molar-refractivity contribution is 0.102. The Kier molecular flexibility index (Phi) is 3.28. The van der Waals surface area contributed by atoms with Gasteiger partial charge in [-0.25, -0.2) is 0 Å². The number of benzene rings is 2. The summed E-state index contributed by atoms with van der Waals surface area (Å²) >= 11 is 0. The largest absolute Gasteiger partial charge is 0.508 e. The second-order valence-electron chi connectivity index (χ2n) is 4.89. The van der Waals surface area contributed by atoms with Crippen molar-refractivity contribution in [1.82, 2.24) is 4.98 Å². The van der Waals surface area contributed by atoms with Gasteiger partial charge in [0, 0.05) is 29.0 Å². The third-order valence-electron chi connectivity index (χ3n) is 3.36. The number of fused-ring (bicyclic) bond motifs is 1. The lowest BCUT2D eigenvalue weighted by Gasteiger charge is -2.09. The molecule has 104 valence electrons. The summed E-state index contributed by atoms with van der Waals surface area (Å²) in [5, 5.41) is 14.2. The first kappa shape index (κ1) is 13.1. The second-order valence-corrected chi connectivity index (χ2v) is 4.89. The molecule has 0 aliphatic heterocycles. The van der Waals surface area contributed by atoms with Crippen LogP contribution in [0.4, 0.5) is 5.69 Å². The molecule has 4 heteroatoms. The van der Waals surface area contributed by atoms with Crippen molar-refractivity contribution < 1.29 is 9.90 Å². The lowest BCUT2D eigenvalue weighted by atomic mass is 10.1. The van der Waals surface area contributed by atoms with Gasteiger partial charge in [-0.2, -0.15) is 0 Å². The van der Waals surface area contributed by atoms with Crippen molar-refractivity contribution in [3.05, 3.63) is 66.0 Å². The molecule has 21 heavy (non-hydrogen) atoms. The van der Waals surface area contributed by atoms with Gasteiger partial charge in [-0.1, -0.05) is 6.07 Å². The zero-order chi connectivity index (χ0) is 14.8. The van der Waals surface area contributed by atoms with E-state index in [2.05, 4.69) is 10.3 Å². The first-order valence-corrected chi connectivity index (χ1v) is 6.58. The minimum Gasteiger partial charge on any atom is -0.508 e. The van der Waals surface area contributed by atoms with Crippen LogP contribution in [0.15, 0.2) is 54.9 Å². The predicted molar refractivity (Wildman–Crippen MR) is 82.5 cm³/mol. The van der Waals surface area contributed by atoms with Crippen LogP contribution >= 0.6 is 0 Å². The highest BCUT2D eigenvalue weighted by molar-refractivity contribution is 6.06. The van der Waals surface area contributed by atoms with Gasteiger partial charge in [-0.15, -0.1) is 0 Å². The maximum Gasteiger partial charge on any atom is 0.255 e. The molecule has 0 fully saturated rings. The molecule has 2 N–H and O–H groups in total. The minimum absolute atomic E-state index is 0.178. The van der Waals surface area contributed by atoms with Crippen LogP contribution in [0.3, 0.4) is 0 Å². The van der Waals surface area contributed by atoms with E-state index in [0.29, 0.717) is 11.3 Å². The first-order valence-electron chi connectivity index (χ1n) is 6.58. The molecule has 1 heterocycles. The van der Waals surface area contributed by atoms with Crippen LogP contribution < -0.4 is 5.32 Å². The number of aromatic nitrogens is 1. The van der Waals surface area contributed by atoms with E-state index in [1.54, 1.807) is 36.7 Å². The van der Waals surface area contributed by atoms with E-state index in [-0.39, 0.29) is 11.7 Å². The number of pyridine rings is 1. The van der Waals surface area contributed by atoms with Gasteiger partial charge in [0.2, 0.25) is 0 Å². The molecule has 0 unspecified atom stereocenters. The summed E-state index contributed by atoms with van der Waals surface area (Å²) in [6.45, 7) is 1.83. The molecule has 0 bridgehead atoms. The summed E-state index contributed by atoms with van der Waals surface area (Å²) < 4.78 is 0. The zero-order valence-corrected chi connectivity index (χ0v) is 11.5. The Bertz CT molecular complexity index is 828. The minimum atomic E-state index is -0.178. The number of amides is 1. The number of anilines is 1. The maximum absolute atomic E-state index is 12.3. The first-order chi connectivity index (χ1) is 10.1. The number of carbonyl (C=O) groups is 1. The number of aromatic hydroxyl groups is 1. The topological polar surface area (TPSA) is 62.2 Å². The van der Waals surface area contributed by atoms with Gasteiger partial charge < -0.3 is 10.4 Å². The van der Waals surface area contributed by atoms with Crippen LogP contribution in [0.1, 0.15) is 15.9 Å². The number of nitrogens with zero attached hydrogens (tertiary/aromatic N) is 1. The zero-order valence-electron chi connectivity index (χ0n) is 11.5. The Hall–Kier alpha value is -2.88. The number of rotatable bonds is 2. The number of hydrogen-bond acceptors (Lipinski definition) is 3. The van der Waals surface area contributed by atoms with E-state index >= 15 is 0 Å². The summed E-state index contributed by atoms with van der Waals surface area (Å²) in [5.74, 6) is 0.00575. The Morgan fingerprint density at radius 3 is 2.76 bits per heavy atom. The standard InChI is InChI=1S/C17H14N2O2/c1-11-8-15(20)4-5-16(11)19-17(21)13-2-3-14-10-18-7-6-12(14)9-13/h2-10,20H,1H3,(H,19,21). The van der Waals surface area contributed by atoms with E-state index in [4.69, 9.17) is 0 Å². The fraction of sp³-hybridized carbons (Fsp3) is 0.0588. The molecule has 0 aliphatic rings. The molecule has 0 spiro atoms. The third-order valence-corrected chi connectivity index (χ3v) is 3.36. The van der Waals surface area contributed by atoms with E-state index in [1.165, 1.54) is 0 Å². The number of aryl methyl sites for hydroxylation is 1. The quantitative estimate of drug-likeness (QED) is 0.705. The average Bonchev–Trinajstić information content (AvgIpc) is 2.49. The number of phenols is 1. The number of carbonyl (C=O) groups excluding carboxylic acids is 1. The van der Waals surface area contributed by atoms with Gasteiger partial charge in [0.05, 0.1) is 0 Å². The average molecular weight is 278 g/mol. The summed E-state index contributed by atoms with van der Waals surface area (Å²) in [7, 11) is 0. The van der Waals surface area contributed by atoms with Crippen molar-refractivity contribution in [2.75, 3.05) is 5.32 Å². The highest BCUT2D eigenvalue weighted by Crippen LogP contribution is 2.21. The molecule has 4 nitrogen and oxygen atoms in total. The fourth-order valence-electron chi connectivity index (χ4n) is 2.21. The van der Waals surface area contributed by atoms with Crippen LogP contribution in [-0.2, 0) is 0 Å². The van der Waals surface area contributed by atoms with Crippen molar-refractivity contribution in [2.45, 2.75) is 6.92 Å². The van der Waals surface area contributed by atoms with Crippen LogP contribution in [0.5, 0.6) is 5.75 Å². The molecule has 0 saturated carbocycles. The van der Waals surface area contributed by atoms with E-state index in [9.17, 15) is 9.90 Å². The monoisotopic (exact) mass is 278 g/mol. The number of phenolic OH excluding ortho intramolecular Hbond substituents is 1. The summed E-state index contributed by atoms with van der Waals surface area (Å²) in [6, 6.07) is 12.2. The number of nitrogens with one attached hydrogen (secondary N) is 1. The normalized spacial score (nSPS) is 10.5. The molecule has 0 radical (unpaired) electrons. The van der Waals surface area contributed by atoms with Gasteiger partial charge in [0.15, 0.2) is 0 Å². The number of hydrogen-bond donors (Lipinski definition) is 2. The van der Waals surface area contributed by atoms with Crippen LogP contribution in [-0.4, -0.2) is 16.0 Å². The van der Waals surface area contributed by atoms with Crippen LogP contribution in [0, 0.1) is 6.92 Å². The van der Waals surface area contributed by atoms with Gasteiger partial charge in [0.25, 0.3) is 5.91 Å². The highest BCUT2D eigenvalue weighted by Gasteiger charge is 2.08. The molecule has 3 rings (SSSR count). The van der Waals surface area contributed by atoms with Crippen LogP contribution in [0.25, 0.3) is 10.8 Å². The van der Waals surface area contributed by atoms with Crippen molar-refractivity contribution in [3.8, 4) is 5.75 Å². The van der Waals surface area contributed by atoms with Crippen LogP contribution in [0.2, 0.25) is 0 Å². The Labute approximate surface area is 122 Å². The van der Waals surface area contributed by atoms with Gasteiger partial charge >= 0.3 is 0 Å². The van der Waals surface area contributed by atoms with E-state index < -0.39 is 0 Å². The van der Waals surface area contributed by atoms with Crippen molar-refractivity contribution >= 4 is 22.4 Å². The summed E-state index contributed by atoms with van der Waals surface area (Å²) in [4.78, 5) is 16.4. The molecular weight excluding hydrogens is 264 g/mol. The van der Waals surface area contributed by atoms with E-state index in [0.717, 1.165) is 16.3 Å². The van der Waals surface area contributed by atoms with Crippen molar-refractivity contribution in [3.63, 3.8) is 0 Å². The molecule has 0 aliphatic carbocycles. The second kappa shape index (κ2) is 5.25.